The fourth-order valence-corrected chi connectivity index (χ4v) is 3.43. The van der Waals surface area contributed by atoms with Crippen LogP contribution in [0.25, 0.3) is 0 Å². The Morgan fingerprint density at radius 3 is 2.66 bits per heavy atom. The van der Waals surface area contributed by atoms with Gasteiger partial charge in [-0.3, -0.25) is 19.5 Å². The molecule has 32 heavy (non-hydrogen) atoms. The third-order valence-corrected chi connectivity index (χ3v) is 5.05. The number of aliphatic hydroxyl groups excluding tert-OH is 1. The van der Waals surface area contributed by atoms with Gasteiger partial charge in [-0.2, -0.15) is 0 Å². The van der Waals surface area contributed by atoms with Crippen molar-refractivity contribution in [2.45, 2.75) is 13.0 Å². The van der Waals surface area contributed by atoms with Gasteiger partial charge in [0.15, 0.2) is 0 Å². The van der Waals surface area contributed by atoms with Gasteiger partial charge in [0.2, 0.25) is 0 Å². The third-order valence-electron chi connectivity index (χ3n) is 5.05. The minimum Gasteiger partial charge on any atom is -0.462 e. The zero-order chi connectivity index (χ0) is 22.9. The number of amidine groups is 1. The first-order valence-electron chi connectivity index (χ1n) is 10.3. The number of hydrogen-bond acceptors (Lipinski definition) is 6. The number of nitrogens with two attached hydrogens (primary N) is 1. The summed E-state index contributed by atoms with van der Waals surface area (Å²) in [7, 11) is 0. The summed E-state index contributed by atoms with van der Waals surface area (Å²) in [5.74, 6) is 2.13. The highest BCUT2D eigenvalue weighted by atomic mass is 16.5. The number of aliphatic hydroxyl groups is 1. The molecular weight excluding hydrogens is 408 g/mol. The van der Waals surface area contributed by atoms with E-state index < -0.39 is 0 Å². The maximum Gasteiger partial charge on any atom is 0.320 e. The van der Waals surface area contributed by atoms with E-state index >= 15 is 0 Å². The van der Waals surface area contributed by atoms with Gasteiger partial charge >= 0.3 is 5.97 Å². The van der Waals surface area contributed by atoms with Crippen LogP contribution in [-0.4, -0.2) is 60.6 Å². The standard InChI is InChI=1S/C24H26N4O4/c1-2-10-26-23(25)18-3-5-19(6-4-18)24(31)27-21-8-7-17-9-11-28(15-20(17)14-21)16-22(30)32-13-12-29/h1,3-8,14,29H,9-13,15-16H2,(H2,25,26)(H,27,31). The first kappa shape index (κ1) is 23.0. The molecule has 2 aromatic carbocycles. The van der Waals surface area contributed by atoms with E-state index in [1.54, 1.807) is 24.3 Å². The van der Waals surface area contributed by atoms with Crippen LogP contribution in [0.4, 0.5) is 5.69 Å². The molecule has 166 valence electrons. The van der Waals surface area contributed by atoms with Crippen LogP contribution in [0, 0.1) is 12.3 Å². The van der Waals surface area contributed by atoms with Gasteiger partial charge in [-0.1, -0.05) is 24.1 Å². The van der Waals surface area contributed by atoms with Crippen LogP contribution in [0.3, 0.4) is 0 Å². The van der Waals surface area contributed by atoms with Crippen LogP contribution < -0.4 is 11.1 Å². The molecule has 2 aromatic rings. The van der Waals surface area contributed by atoms with Crippen molar-refractivity contribution in [2.75, 3.05) is 38.2 Å². The lowest BCUT2D eigenvalue weighted by atomic mass is 9.99. The lowest BCUT2D eigenvalue weighted by Crippen LogP contribution is -2.35. The number of benzene rings is 2. The largest absolute Gasteiger partial charge is 0.462 e. The Balaban J connectivity index is 1.63. The van der Waals surface area contributed by atoms with Crippen LogP contribution in [0.2, 0.25) is 0 Å². The highest BCUT2D eigenvalue weighted by Gasteiger charge is 2.20. The maximum absolute atomic E-state index is 12.7. The average molecular weight is 434 g/mol. The topological polar surface area (TPSA) is 117 Å². The summed E-state index contributed by atoms with van der Waals surface area (Å²) in [5.41, 5.74) is 9.98. The summed E-state index contributed by atoms with van der Waals surface area (Å²) in [4.78, 5) is 30.5. The molecule has 1 aliphatic rings. The average Bonchev–Trinajstić information content (AvgIpc) is 2.81. The molecule has 0 aliphatic carbocycles. The summed E-state index contributed by atoms with van der Waals surface area (Å²) in [6.07, 6.45) is 5.99. The normalized spacial score (nSPS) is 13.7. The number of carbonyl (C=O) groups is 2. The first-order valence-corrected chi connectivity index (χ1v) is 10.3. The molecule has 0 spiro atoms. The van der Waals surface area contributed by atoms with Gasteiger partial charge in [0, 0.05) is 29.9 Å². The van der Waals surface area contributed by atoms with Crippen molar-refractivity contribution in [3.8, 4) is 12.3 Å². The van der Waals surface area contributed by atoms with E-state index in [-0.39, 0.29) is 38.2 Å². The number of fused-ring (bicyclic) bond motifs is 1. The lowest BCUT2D eigenvalue weighted by Gasteiger charge is -2.28. The fraction of sp³-hybridized carbons (Fsp3) is 0.292. The van der Waals surface area contributed by atoms with Crippen molar-refractivity contribution >= 4 is 23.4 Å². The van der Waals surface area contributed by atoms with Gasteiger partial charge < -0.3 is 20.9 Å². The second-order valence-corrected chi connectivity index (χ2v) is 7.33. The number of rotatable bonds is 8. The van der Waals surface area contributed by atoms with E-state index in [2.05, 4.69) is 16.2 Å². The number of aliphatic imine (C=N–C) groups is 1. The molecule has 1 heterocycles. The molecule has 0 fully saturated rings. The zero-order valence-corrected chi connectivity index (χ0v) is 17.7. The monoisotopic (exact) mass is 434 g/mol. The smallest absolute Gasteiger partial charge is 0.320 e. The number of nitrogens with zero attached hydrogens (tertiary/aromatic N) is 2. The number of ether oxygens (including phenoxy) is 1. The zero-order valence-electron chi connectivity index (χ0n) is 17.7. The van der Waals surface area contributed by atoms with E-state index in [0.29, 0.717) is 29.2 Å². The summed E-state index contributed by atoms with van der Waals surface area (Å²) in [6.45, 7) is 1.51. The summed E-state index contributed by atoms with van der Waals surface area (Å²) in [6, 6.07) is 12.6. The third kappa shape index (κ3) is 6.17. The quantitative estimate of drug-likeness (QED) is 0.249. The van der Waals surface area contributed by atoms with Gasteiger partial charge in [-0.05, 0) is 41.8 Å². The number of terminal acetylenes is 1. The van der Waals surface area contributed by atoms with Gasteiger partial charge in [0.05, 0.1) is 13.2 Å². The maximum atomic E-state index is 12.7. The molecule has 1 aliphatic heterocycles. The molecule has 0 unspecified atom stereocenters. The number of anilines is 1. The molecule has 0 saturated heterocycles. The van der Waals surface area contributed by atoms with Gasteiger partial charge in [0.25, 0.3) is 5.91 Å². The molecule has 3 rings (SSSR count). The van der Waals surface area contributed by atoms with E-state index in [0.717, 1.165) is 18.5 Å². The molecule has 1 amide bonds. The van der Waals surface area contributed by atoms with Crippen molar-refractivity contribution in [1.29, 1.82) is 0 Å². The summed E-state index contributed by atoms with van der Waals surface area (Å²) < 4.78 is 4.94. The van der Waals surface area contributed by atoms with E-state index in [4.69, 9.17) is 22.0 Å². The molecule has 0 radical (unpaired) electrons. The van der Waals surface area contributed by atoms with Crippen LogP contribution in [-0.2, 0) is 22.5 Å². The predicted molar refractivity (Wildman–Crippen MR) is 122 cm³/mol. The second-order valence-electron chi connectivity index (χ2n) is 7.33. The Bertz CT molecular complexity index is 1040. The predicted octanol–water partition coefficient (Wildman–Crippen LogP) is 1.17. The Labute approximate surface area is 187 Å². The highest BCUT2D eigenvalue weighted by Crippen LogP contribution is 2.23. The van der Waals surface area contributed by atoms with Gasteiger partial charge in [-0.25, -0.2) is 0 Å². The number of amides is 1. The summed E-state index contributed by atoms with van der Waals surface area (Å²) >= 11 is 0. The van der Waals surface area contributed by atoms with Crippen LogP contribution in [0.1, 0.15) is 27.0 Å². The minimum atomic E-state index is -0.361. The molecular formula is C24H26N4O4. The number of carbonyl (C=O) groups excluding carboxylic acids is 2. The van der Waals surface area contributed by atoms with E-state index in [1.165, 1.54) is 5.56 Å². The van der Waals surface area contributed by atoms with Crippen LogP contribution >= 0.6 is 0 Å². The number of esters is 1. The second kappa shape index (κ2) is 11.1. The van der Waals surface area contributed by atoms with Crippen molar-refractivity contribution in [1.82, 2.24) is 4.90 Å². The van der Waals surface area contributed by atoms with Crippen LogP contribution in [0.15, 0.2) is 47.5 Å². The molecule has 0 atom stereocenters. The van der Waals surface area contributed by atoms with Crippen molar-refractivity contribution in [2.24, 2.45) is 10.7 Å². The Morgan fingerprint density at radius 1 is 1.19 bits per heavy atom. The van der Waals surface area contributed by atoms with E-state index in [1.807, 2.05) is 23.1 Å². The highest BCUT2D eigenvalue weighted by molar-refractivity contribution is 6.05. The van der Waals surface area contributed by atoms with Crippen molar-refractivity contribution in [3.63, 3.8) is 0 Å². The number of nitrogens with one attached hydrogen (secondary N) is 1. The lowest BCUT2D eigenvalue weighted by molar-refractivity contribution is -0.146. The minimum absolute atomic E-state index is 0.00468. The Morgan fingerprint density at radius 2 is 1.94 bits per heavy atom. The Hall–Kier alpha value is -3.67. The van der Waals surface area contributed by atoms with Crippen molar-refractivity contribution < 1.29 is 19.4 Å². The molecule has 4 N–H and O–H groups in total. The molecule has 0 saturated carbocycles. The van der Waals surface area contributed by atoms with Gasteiger partial charge in [-0.15, -0.1) is 6.42 Å². The molecule has 0 aromatic heterocycles. The molecule has 8 nitrogen and oxygen atoms in total. The summed E-state index contributed by atoms with van der Waals surface area (Å²) in [5, 5.41) is 11.7. The first-order chi connectivity index (χ1) is 15.5. The fourth-order valence-electron chi connectivity index (χ4n) is 3.43. The number of hydrogen-bond donors (Lipinski definition) is 3. The van der Waals surface area contributed by atoms with Crippen molar-refractivity contribution in [3.05, 3.63) is 64.7 Å². The van der Waals surface area contributed by atoms with E-state index in [9.17, 15) is 9.59 Å². The Kier molecular flexibility index (Phi) is 7.97. The van der Waals surface area contributed by atoms with Crippen LogP contribution in [0.5, 0.6) is 0 Å². The molecule has 0 bridgehead atoms. The SMILES string of the molecule is C#CCN=C(N)c1ccc(C(=O)Nc2ccc3c(c2)CN(CC(=O)OCCO)CC3)cc1. The van der Waals surface area contributed by atoms with Gasteiger partial charge in [0.1, 0.15) is 19.0 Å². The molecule has 8 heteroatoms.